The van der Waals surface area contributed by atoms with Crippen molar-refractivity contribution in [2.45, 2.75) is 0 Å². The zero-order chi connectivity index (χ0) is 4.83. The number of hydrogen-bond donors (Lipinski definition) is 0. The second-order valence-electron chi connectivity index (χ2n) is 0.750. The van der Waals surface area contributed by atoms with Crippen molar-refractivity contribution in [2.24, 2.45) is 0 Å². The summed E-state index contributed by atoms with van der Waals surface area (Å²) >= 11 is 3.54. The first kappa shape index (κ1) is 6.31. The molecule has 18 valence electrons. The molecule has 0 aliphatic rings. The quantitative estimate of drug-likeness (QED) is 0.255. The molecule has 0 saturated carbocycles. The molecule has 0 heterocycles. The summed E-state index contributed by atoms with van der Waals surface area (Å²) in [4.78, 5) is 0. The fourth-order valence-electron chi connectivity index (χ4n) is 0.125. The van der Waals surface area contributed by atoms with Crippen molar-refractivity contribution in [3.05, 3.63) is 0 Å². The van der Waals surface area contributed by atoms with Crippen molar-refractivity contribution in [1.82, 2.24) is 0 Å². The second kappa shape index (κ2) is 5.31. The van der Waals surface area contributed by atoms with Crippen molar-refractivity contribution in [1.29, 1.82) is 0 Å². The summed E-state index contributed by atoms with van der Waals surface area (Å²) in [6.45, 7) is 0. The van der Waals surface area contributed by atoms with E-state index < -0.39 is 0 Å². The predicted octanol–water partition coefficient (Wildman–Crippen LogP) is -0.755. The van der Waals surface area contributed by atoms with E-state index in [0.29, 0.717) is 0 Å². The molecule has 0 aromatic carbocycles. The van der Waals surface area contributed by atoms with Crippen LogP contribution in [0, 0.1) is 21.0 Å². The molecule has 0 unspecified atom stereocenters. The summed E-state index contributed by atoms with van der Waals surface area (Å²) in [5.41, 5.74) is 0. The molecular weight excluding hydrogens is 61.9 g/mol. The maximum absolute atomic E-state index is 2.64. The molecule has 0 fully saturated rings. The van der Waals surface area contributed by atoms with Crippen LogP contribution in [0.3, 0.4) is 0 Å². The third kappa shape index (κ3) is 4.31. The van der Waals surface area contributed by atoms with E-state index in [1.54, 1.807) is 35.4 Å². The van der Waals surface area contributed by atoms with Gasteiger partial charge >= 0.3 is 56.5 Å². The van der Waals surface area contributed by atoms with Gasteiger partial charge in [0.1, 0.15) is 0 Å². The van der Waals surface area contributed by atoms with Crippen LogP contribution < -0.4 is 0 Å². The van der Waals surface area contributed by atoms with Crippen LogP contribution in [0.5, 0.6) is 0 Å². The van der Waals surface area contributed by atoms with Gasteiger partial charge in [0, 0.05) is 0 Å². The molecule has 0 spiro atoms. The van der Waals surface area contributed by atoms with Crippen LogP contribution in [-0.4, -0.2) is 35.4 Å². The van der Waals surface area contributed by atoms with E-state index in [1.807, 2.05) is 0 Å². The van der Waals surface area contributed by atoms with Gasteiger partial charge in [-0.15, -0.1) is 0 Å². The number of hydrogen-bond acceptors (Lipinski definition) is 0. The van der Waals surface area contributed by atoms with Crippen molar-refractivity contribution >= 4 is 35.4 Å². The van der Waals surface area contributed by atoms with E-state index >= 15 is 0 Å². The first-order valence-corrected chi connectivity index (χ1v) is 1.75. The minimum absolute atomic E-state index is 1.77. The van der Waals surface area contributed by atoms with E-state index in [9.17, 15) is 0 Å². The Morgan fingerprint density at radius 2 is 1.17 bits per heavy atom. The van der Waals surface area contributed by atoms with Gasteiger partial charge in [0.05, 0.1) is 0 Å². The molecule has 0 nitrogen and oxygen atoms in total. The summed E-state index contributed by atoms with van der Waals surface area (Å²) in [6.07, 6.45) is 0. The minimum atomic E-state index is 1.77. The van der Waals surface area contributed by atoms with Crippen LogP contribution in [0.25, 0.3) is 0 Å². The summed E-state index contributed by atoms with van der Waals surface area (Å²) in [5.74, 6) is 5.17. The molecule has 0 amide bonds. The van der Waals surface area contributed by atoms with Crippen molar-refractivity contribution in [3.63, 3.8) is 0 Å². The van der Waals surface area contributed by atoms with Gasteiger partial charge in [0.15, 0.2) is 0 Å². The van der Waals surface area contributed by atoms with Gasteiger partial charge in [0.25, 0.3) is 0 Å². The summed E-state index contributed by atoms with van der Waals surface area (Å²) in [7, 11) is 0. The molecule has 0 rings (SSSR count). The SMILES string of the molecule is [Li][C]#CC#[C][Li]. The fraction of sp³-hybridized carbons (Fsp3) is 0. The van der Waals surface area contributed by atoms with Crippen molar-refractivity contribution in [2.75, 3.05) is 0 Å². The molecule has 2 heteroatoms. The maximum atomic E-state index is 2.64. The second-order valence-corrected chi connectivity index (χ2v) is 0.750. The van der Waals surface area contributed by atoms with Crippen LogP contribution in [0.2, 0.25) is 0 Å². The molecular formula is C4Li2. The third-order valence-electron chi connectivity index (χ3n) is 0.312. The molecule has 0 bridgehead atoms. The average molecular weight is 61.9 g/mol. The monoisotopic (exact) mass is 62.0 g/mol. The van der Waals surface area contributed by atoms with E-state index in [1.165, 1.54) is 0 Å². The Bertz CT molecular complexity index is 109. The summed E-state index contributed by atoms with van der Waals surface area (Å²) in [6, 6.07) is 0. The van der Waals surface area contributed by atoms with Gasteiger partial charge < -0.3 is 0 Å². The Morgan fingerprint density at radius 1 is 0.833 bits per heavy atom. The van der Waals surface area contributed by atoms with Crippen LogP contribution in [0.1, 0.15) is 0 Å². The predicted molar refractivity (Wildman–Crippen MR) is 27.1 cm³/mol. The van der Waals surface area contributed by atoms with Gasteiger partial charge in [0.2, 0.25) is 0 Å². The first-order chi connectivity index (χ1) is 2.91. The Balaban J connectivity index is 3.43. The Labute approximate surface area is 56.5 Å². The molecule has 0 aromatic heterocycles. The van der Waals surface area contributed by atoms with Crippen LogP contribution >= 0.6 is 0 Å². The number of rotatable bonds is 0. The van der Waals surface area contributed by atoms with Gasteiger partial charge in [-0.1, -0.05) is 0 Å². The molecule has 0 N–H and O–H groups in total. The van der Waals surface area contributed by atoms with E-state index in [-0.39, 0.29) is 0 Å². The van der Waals surface area contributed by atoms with Crippen molar-refractivity contribution < 1.29 is 0 Å². The van der Waals surface area contributed by atoms with Gasteiger partial charge in [-0.25, -0.2) is 0 Å². The zero-order valence-electron chi connectivity index (χ0n) is 4.00. The van der Waals surface area contributed by atoms with Gasteiger partial charge in [-0.05, 0) is 0 Å². The van der Waals surface area contributed by atoms with E-state index in [0.717, 1.165) is 0 Å². The van der Waals surface area contributed by atoms with Crippen molar-refractivity contribution in [3.8, 4) is 21.0 Å². The van der Waals surface area contributed by atoms with Crippen LogP contribution in [0.15, 0.2) is 0 Å². The Kier molecular flexibility index (Phi) is 5.59. The molecule has 0 atom stereocenters. The summed E-state index contributed by atoms with van der Waals surface area (Å²) < 4.78 is 5.29. The first-order valence-electron chi connectivity index (χ1n) is 1.75. The standard InChI is InChI=1S/C4.2Li/c1-3-4-2;;. The normalized spacial score (nSPS) is 4.00. The summed E-state index contributed by atoms with van der Waals surface area (Å²) in [5, 5.41) is 0. The molecule has 0 aliphatic carbocycles. The molecule has 6 heavy (non-hydrogen) atoms. The molecule has 0 saturated heterocycles. The fourth-order valence-corrected chi connectivity index (χ4v) is 0.125. The van der Waals surface area contributed by atoms with E-state index in [2.05, 4.69) is 21.0 Å². The Morgan fingerprint density at radius 3 is 1.33 bits per heavy atom. The molecule has 0 radical (unpaired) electrons. The molecule has 0 aliphatic heterocycles. The molecule has 0 aromatic rings. The van der Waals surface area contributed by atoms with Crippen LogP contribution in [0.4, 0.5) is 0 Å². The Hall–Kier alpha value is 0.315. The zero-order valence-corrected chi connectivity index (χ0v) is 4.00. The average Bonchev–Trinajstić information content (AvgIpc) is 1.61. The third-order valence-corrected chi connectivity index (χ3v) is 0.312. The van der Waals surface area contributed by atoms with Crippen LogP contribution in [-0.2, 0) is 0 Å². The van der Waals surface area contributed by atoms with E-state index in [4.69, 9.17) is 0 Å². The topological polar surface area (TPSA) is 0 Å². The van der Waals surface area contributed by atoms with Gasteiger partial charge in [-0.2, -0.15) is 0 Å². The van der Waals surface area contributed by atoms with Gasteiger partial charge in [-0.3, -0.25) is 0 Å².